The lowest BCUT2D eigenvalue weighted by Crippen LogP contribution is -2.26. The summed E-state index contributed by atoms with van der Waals surface area (Å²) in [6.07, 6.45) is 0.505. The molecule has 0 spiro atoms. The number of aliphatic carboxylic acids is 1. The number of hydrogen-bond donors (Lipinski definition) is 2. The zero-order valence-corrected chi connectivity index (χ0v) is 12.5. The lowest BCUT2D eigenvalue weighted by atomic mass is 10.2. The predicted molar refractivity (Wildman–Crippen MR) is 81.1 cm³/mol. The van der Waals surface area contributed by atoms with Crippen LogP contribution in [0.1, 0.15) is 18.5 Å². The highest BCUT2D eigenvalue weighted by Gasteiger charge is 2.11. The van der Waals surface area contributed by atoms with E-state index in [9.17, 15) is 14.0 Å². The molecule has 5 nitrogen and oxygen atoms in total. The SMILES string of the molecule is O=C(O)CCCNC(=O)Cc1csc(-c2ccccc2F)n1. The molecule has 116 valence electrons. The summed E-state index contributed by atoms with van der Waals surface area (Å²) in [5, 5.41) is 13.4. The number of hydrogen-bond acceptors (Lipinski definition) is 4. The Morgan fingerprint density at radius 3 is 2.82 bits per heavy atom. The largest absolute Gasteiger partial charge is 0.481 e. The van der Waals surface area contributed by atoms with Gasteiger partial charge >= 0.3 is 5.97 Å². The number of carbonyl (C=O) groups excluding carboxylic acids is 1. The summed E-state index contributed by atoms with van der Waals surface area (Å²) in [6.45, 7) is 0.315. The maximum atomic E-state index is 13.7. The van der Waals surface area contributed by atoms with Crippen LogP contribution in [-0.4, -0.2) is 28.5 Å². The first kappa shape index (κ1) is 16.1. The monoisotopic (exact) mass is 322 g/mol. The van der Waals surface area contributed by atoms with E-state index in [2.05, 4.69) is 10.3 Å². The standard InChI is InChI=1S/C15H15FN2O3S/c16-12-5-2-1-4-11(12)15-18-10(9-22-15)8-13(19)17-7-3-6-14(20)21/h1-2,4-5,9H,3,6-8H2,(H,17,19)(H,20,21). The molecule has 1 aromatic carbocycles. The third kappa shape index (κ3) is 4.63. The van der Waals surface area contributed by atoms with Crippen LogP contribution < -0.4 is 5.32 Å². The highest BCUT2D eigenvalue weighted by atomic mass is 32.1. The molecule has 0 bridgehead atoms. The fourth-order valence-electron chi connectivity index (χ4n) is 1.84. The Balaban J connectivity index is 1.88. The predicted octanol–water partition coefficient (Wildman–Crippen LogP) is 2.47. The van der Waals surface area contributed by atoms with E-state index in [0.717, 1.165) is 0 Å². The van der Waals surface area contributed by atoms with Crippen molar-refractivity contribution in [2.75, 3.05) is 6.54 Å². The average molecular weight is 322 g/mol. The van der Waals surface area contributed by atoms with Gasteiger partial charge < -0.3 is 10.4 Å². The minimum atomic E-state index is -0.886. The molecule has 1 amide bonds. The van der Waals surface area contributed by atoms with Gasteiger partial charge in [-0.05, 0) is 18.6 Å². The van der Waals surface area contributed by atoms with Crippen LogP contribution in [-0.2, 0) is 16.0 Å². The minimum absolute atomic E-state index is 0.0222. The fraction of sp³-hybridized carbons (Fsp3) is 0.267. The third-order valence-corrected chi connectivity index (χ3v) is 3.81. The minimum Gasteiger partial charge on any atom is -0.481 e. The molecule has 7 heteroatoms. The number of rotatable bonds is 7. The number of nitrogens with one attached hydrogen (secondary N) is 1. The van der Waals surface area contributed by atoms with Crippen molar-refractivity contribution in [2.45, 2.75) is 19.3 Å². The Bertz CT molecular complexity index is 672. The van der Waals surface area contributed by atoms with E-state index in [4.69, 9.17) is 5.11 Å². The van der Waals surface area contributed by atoms with Crippen molar-refractivity contribution in [3.05, 3.63) is 41.2 Å². The maximum absolute atomic E-state index is 13.7. The lowest BCUT2D eigenvalue weighted by Gasteiger charge is -2.02. The average Bonchev–Trinajstić information content (AvgIpc) is 2.92. The molecule has 0 saturated carbocycles. The van der Waals surface area contributed by atoms with E-state index < -0.39 is 5.97 Å². The number of thiazole rings is 1. The number of amides is 1. The second-order valence-corrected chi connectivity index (χ2v) is 5.51. The third-order valence-electron chi connectivity index (χ3n) is 2.89. The molecule has 2 N–H and O–H groups in total. The Morgan fingerprint density at radius 1 is 1.32 bits per heavy atom. The highest BCUT2D eigenvalue weighted by Crippen LogP contribution is 2.26. The molecule has 2 rings (SSSR count). The number of aromatic nitrogens is 1. The fourth-order valence-corrected chi connectivity index (χ4v) is 2.69. The number of carboxylic acid groups (broad SMARTS) is 1. The molecule has 0 atom stereocenters. The molecule has 2 aromatic rings. The normalized spacial score (nSPS) is 10.4. The molecule has 0 saturated heterocycles. The van der Waals surface area contributed by atoms with E-state index in [0.29, 0.717) is 29.2 Å². The molecule has 1 aromatic heterocycles. The summed E-state index contributed by atoms with van der Waals surface area (Å²) in [5.41, 5.74) is 0.986. The number of nitrogens with zero attached hydrogens (tertiary/aromatic N) is 1. The first-order valence-corrected chi connectivity index (χ1v) is 7.62. The molecular weight excluding hydrogens is 307 g/mol. The van der Waals surface area contributed by atoms with Crippen LogP contribution in [0.3, 0.4) is 0 Å². The zero-order chi connectivity index (χ0) is 15.9. The summed E-state index contributed by atoms with van der Waals surface area (Å²) in [7, 11) is 0. The molecule has 0 aliphatic carbocycles. The van der Waals surface area contributed by atoms with Gasteiger partial charge in [0.1, 0.15) is 10.8 Å². The van der Waals surface area contributed by atoms with Crippen molar-refractivity contribution >= 4 is 23.2 Å². The Labute approximate surface area is 130 Å². The van der Waals surface area contributed by atoms with Gasteiger partial charge in [0, 0.05) is 23.9 Å². The van der Waals surface area contributed by atoms with Gasteiger partial charge in [-0.15, -0.1) is 11.3 Å². The van der Waals surface area contributed by atoms with Crippen molar-refractivity contribution in [3.63, 3.8) is 0 Å². The first-order valence-electron chi connectivity index (χ1n) is 6.74. The van der Waals surface area contributed by atoms with Gasteiger partial charge in [-0.1, -0.05) is 12.1 Å². The van der Waals surface area contributed by atoms with Crippen LogP contribution in [0.4, 0.5) is 4.39 Å². The quantitative estimate of drug-likeness (QED) is 0.768. The molecule has 0 fully saturated rings. The molecule has 22 heavy (non-hydrogen) atoms. The molecular formula is C15H15FN2O3S. The zero-order valence-electron chi connectivity index (χ0n) is 11.7. The van der Waals surface area contributed by atoms with Gasteiger partial charge in [-0.25, -0.2) is 9.37 Å². The van der Waals surface area contributed by atoms with E-state index in [-0.39, 0.29) is 24.6 Å². The van der Waals surface area contributed by atoms with Gasteiger partial charge in [0.25, 0.3) is 0 Å². The Hall–Kier alpha value is -2.28. The van der Waals surface area contributed by atoms with Gasteiger partial charge in [0.2, 0.25) is 5.91 Å². The Kier molecular flexibility index (Phi) is 5.60. The van der Waals surface area contributed by atoms with E-state index >= 15 is 0 Å². The molecule has 0 aliphatic heterocycles. The highest BCUT2D eigenvalue weighted by molar-refractivity contribution is 7.13. The number of halogens is 1. The molecule has 0 aliphatic rings. The second kappa shape index (κ2) is 7.65. The van der Waals surface area contributed by atoms with E-state index in [1.807, 2.05) is 0 Å². The smallest absolute Gasteiger partial charge is 0.303 e. The van der Waals surface area contributed by atoms with Crippen LogP contribution >= 0.6 is 11.3 Å². The van der Waals surface area contributed by atoms with E-state index in [1.54, 1.807) is 23.6 Å². The number of carboxylic acids is 1. The summed E-state index contributed by atoms with van der Waals surface area (Å²) < 4.78 is 13.7. The van der Waals surface area contributed by atoms with Crippen molar-refractivity contribution in [1.82, 2.24) is 10.3 Å². The van der Waals surface area contributed by atoms with Gasteiger partial charge in [0.15, 0.2) is 0 Å². The molecule has 1 heterocycles. The van der Waals surface area contributed by atoms with Gasteiger partial charge in [-0.3, -0.25) is 9.59 Å². The topological polar surface area (TPSA) is 79.3 Å². The van der Waals surface area contributed by atoms with E-state index in [1.165, 1.54) is 17.4 Å². The second-order valence-electron chi connectivity index (χ2n) is 4.65. The van der Waals surface area contributed by atoms with Crippen LogP contribution in [0.25, 0.3) is 10.6 Å². The van der Waals surface area contributed by atoms with Crippen LogP contribution in [0.2, 0.25) is 0 Å². The number of carbonyl (C=O) groups is 2. The summed E-state index contributed by atoms with van der Waals surface area (Å²) >= 11 is 1.28. The van der Waals surface area contributed by atoms with Crippen molar-refractivity contribution in [2.24, 2.45) is 0 Å². The summed E-state index contributed by atoms with van der Waals surface area (Å²) in [4.78, 5) is 26.3. The first-order chi connectivity index (χ1) is 10.6. The summed E-state index contributed by atoms with van der Waals surface area (Å²) in [5.74, 6) is -1.46. The van der Waals surface area contributed by atoms with Crippen molar-refractivity contribution < 1.29 is 19.1 Å². The van der Waals surface area contributed by atoms with Crippen LogP contribution in [0.5, 0.6) is 0 Å². The van der Waals surface area contributed by atoms with Crippen LogP contribution in [0.15, 0.2) is 29.6 Å². The van der Waals surface area contributed by atoms with Crippen molar-refractivity contribution in [3.8, 4) is 10.6 Å². The molecule has 0 unspecified atom stereocenters. The Morgan fingerprint density at radius 2 is 2.09 bits per heavy atom. The maximum Gasteiger partial charge on any atom is 0.303 e. The van der Waals surface area contributed by atoms with Gasteiger partial charge in [-0.2, -0.15) is 0 Å². The number of benzene rings is 1. The lowest BCUT2D eigenvalue weighted by molar-refractivity contribution is -0.137. The summed E-state index contributed by atoms with van der Waals surface area (Å²) in [6, 6.07) is 6.35. The molecule has 0 radical (unpaired) electrons. The van der Waals surface area contributed by atoms with Crippen LogP contribution in [0, 0.1) is 5.82 Å². The van der Waals surface area contributed by atoms with Crippen molar-refractivity contribution in [1.29, 1.82) is 0 Å². The van der Waals surface area contributed by atoms with Gasteiger partial charge in [0.05, 0.1) is 12.1 Å².